The summed E-state index contributed by atoms with van der Waals surface area (Å²) in [5, 5.41) is 16.5. The highest BCUT2D eigenvalue weighted by Gasteiger charge is 2.19. The second-order valence-corrected chi connectivity index (χ2v) is 7.51. The van der Waals surface area contributed by atoms with E-state index in [9.17, 15) is 5.11 Å². The van der Waals surface area contributed by atoms with Gasteiger partial charge in [-0.15, -0.1) is 0 Å². The fraction of sp³-hybridized carbons (Fsp3) is 0.0909. The minimum atomic E-state index is -0.137. The van der Waals surface area contributed by atoms with Crippen LogP contribution in [-0.2, 0) is 0 Å². The summed E-state index contributed by atoms with van der Waals surface area (Å²) in [6.07, 6.45) is 3.65. The van der Waals surface area contributed by atoms with Crippen LogP contribution in [0.15, 0.2) is 77.5 Å². The molecule has 1 N–H and O–H groups in total. The fourth-order valence-corrected chi connectivity index (χ4v) is 3.37. The zero-order valence-electron chi connectivity index (χ0n) is 15.1. The number of hydrogen-bond acceptors (Lipinski definition) is 2. The van der Waals surface area contributed by atoms with Gasteiger partial charge in [0, 0.05) is 22.3 Å². The molecule has 3 aromatic rings. The summed E-state index contributed by atoms with van der Waals surface area (Å²) in [7, 11) is 0. The first-order chi connectivity index (χ1) is 13.0. The van der Waals surface area contributed by atoms with Crippen LogP contribution in [-0.4, -0.2) is 4.99 Å². The minimum absolute atomic E-state index is 0.137. The minimum Gasteiger partial charge on any atom is -0.867 e. The lowest BCUT2D eigenvalue weighted by Crippen LogP contribution is -2.40. The van der Waals surface area contributed by atoms with Crippen LogP contribution >= 0.6 is 28.1 Å². The van der Waals surface area contributed by atoms with E-state index in [-0.39, 0.29) is 5.76 Å². The molecule has 5 heteroatoms. The number of aromatic nitrogens is 1. The van der Waals surface area contributed by atoms with Gasteiger partial charge in [0.05, 0.1) is 0 Å². The average molecular weight is 439 g/mol. The number of pyridine rings is 1. The number of anilines is 1. The Morgan fingerprint density at radius 3 is 2.11 bits per heavy atom. The van der Waals surface area contributed by atoms with Crippen molar-refractivity contribution in [1.82, 2.24) is 0 Å². The molecule has 1 heterocycles. The fourth-order valence-electron chi connectivity index (χ4n) is 2.81. The summed E-state index contributed by atoms with van der Waals surface area (Å²) in [5.74, 6) is -0.137. The van der Waals surface area contributed by atoms with Gasteiger partial charge < -0.3 is 10.4 Å². The molecule has 136 valence electrons. The molecular formula is C22H19BrN2OS. The molecule has 0 atom stereocenters. The topological polar surface area (TPSA) is 39.0 Å². The standard InChI is InChI=1S/C22H19BrN2OS/c1-15-7-6-8-16(2)19(15)24-22(27)20(25-13-4-3-5-14-25)21(26)17-9-11-18(23)12-10-17/h3-14H,1-2H3,(H-,24,26,27). The highest BCUT2D eigenvalue weighted by Crippen LogP contribution is 2.23. The summed E-state index contributed by atoms with van der Waals surface area (Å²) >= 11 is 9.07. The van der Waals surface area contributed by atoms with E-state index in [1.807, 2.05) is 74.8 Å². The van der Waals surface area contributed by atoms with Gasteiger partial charge in [-0.1, -0.05) is 64.5 Å². The van der Waals surface area contributed by atoms with Crippen molar-refractivity contribution in [3.63, 3.8) is 0 Å². The van der Waals surface area contributed by atoms with Gasteiger partial charge in [0.25, 0.3) is 0 Å². The molecule has 3 rings (SSSR count). The van der Waals surface area contributed by atoms with Crippen molar-refractivity contribution in [3.8, 4) is 0 Å². The highest BCUT2D eigenvalue weighted by atomic mass is 79.9. The number of halogens is 1. The molecule has 0 fully saturated rings. The molecule has 0 saturated heterocycles. The van der Waals surface area contributed by atoms with Crippen LogP contribution in [0, 0.1) is 13.8 Å². The maximum atomic E-state index is 13.3. The Balaban J connectivity index is 2.09. The predicted octanol–water partition coefficient (Wildman–Crippen LogP) is 4.48. The van der Waals surface area contributed by atoms with Crippen LogP contribution in [0.25, 0.3) is 11.5 Å². The maximum Gasteiger partial charge on any atom is 0.238 e. The summed E-state index contributed by atoms with van der Waals surface area (Å²) < 4.78 is 2.68. The zero-order valence-corrected chi connectivity index (χ0v) is 17.5. The van der Waals surface area contributed by atoms with Gasteiger partial charge >= 0.3 is 0 Å². The Morgan fingerprint density at radius 1 is 0.926 bits per heavy atom. The molecule has 0 radical (unpaired) electrons. The SMILES string of the molecule is Cc1cccc(C)c1NC(=S)/C(=C(\[O-])c1ccc(Br)cc1)[n+]1ccccc1. The summed E-state index contributed by atoms with van der Waals surface area (Å²) in [4.78, 5) is 0.386. The quantitative estimate of drug-likeness (QED) is 0.282. The number of nitrogens with zero attached hydrogens (tertiary/aromatic N) is 1. The molecule has 1 aromatic heterocycles. The van der Waals surface area contributed by atoms with Crippen LogP contribution in [0.4, 0.5) is 5.69 Å². The van der Waals surface area contributed by atoms with Gasteiger partial charge in [-0.05, 0) is 48.4 Å². The summed E-state index contributed by atoms with van der Waals surface area (Å²) in [6.45, 7) is 4.04. The number of thiocarbonyl (C=S) groups is 1. The van der Waals surface area contributed by atoms with Crippen LogP contribution in [0.2, 0.25) is 0 Å². The van der Waals surface area contributed by atoms with Gasteiger partial charge in [-0.25, -0.2) is 0 Å². The van der Waals surface area contributed by atoms with Gasteiger partial charge in [-0.3, -0.25) is 0 Å². The zero-order chi connectivity index (χ0) is 19.4. The van der Waals surface area contributed by atoms with Crippen LogP contribution in [0.1, 0.15) is 16.7 Å². The second-order valence-electron chi connectivity index (χ2n) is 6.19. The molecule has 0 amide bonds. The molecule has 0 unspecified atom stereocenters. The molecule has 0 aliphatic rings. The van der Waals surface area contributed by atoms with Gasteiger partial charge in [-0.2, -0.15) is 4.57 Å². The average Bonchev–Trinajstić information content (AvgIpc) is 2.66. The summed E-state index contributed by atoms with van der Waals surface area (Å²) in [6, 6.07) is 19.0. The predicted molar refractivity (Wildman–Crippen MR) is 116 cm³/mol. The van der Waals surface area contributed by atoms with Crippen LogP contribution in [0.5, 0.6) is 0 Å². The molecule has 0 bridgehead atoms. The highest BCUT2D eigenvalue weighted by molar-refractivity contribution is 9.10. The Kier molecular flexibility index (Phi) is 6.04. The van der Waals surface area contributed by atoms with E-state index in [4.69, 9.17) is 12.2 Å². The van der Waals surface area contributed by atoms with E-state index in [2.05, 4.69) is 21.2 Å². The van der Waals surface area contributed by atoms with Crippen molar-refractivity contribution < 1.29 is 9.67 Å². The van der Waals surface area contributed by atoms with E-state index in [1.54, 1.807) is 16.7 Å². The van der Waals surface area contributed by atoms with Gasteiger partial charge in [0.1, 0.15) is 0 Å². The molecular weight excluding hydrogens is 420 g/mol. The normalized spacial score (nSPS) is 11.7. The first-order valence-electron chi connectivity index (χ1n) is 8.49. The Morgan fingerprint density at radius 2 is 1.52 bits per heavy atom. The molecule has 27 heavy (non-hydrogen) atoms. The molecule has 3 nitrogen and oxygen atoms in total. The van der Waals surface area contributed by atoms with Crippen molar-refractivity contribution in [2.75, 3.05) is 5.32 Å². The Labute approximate surface area is 173 Å². The van der Waals surface area contributed by atoms with Crippen molar-refractivity contribution in [1.29, 1.82) is 0 Å². The number of para-hydroxylation sites is 1. The first-order valence-corrected chi connectivity index (χ1v) is 9.69. The molecule has 0 aliphatic heterocycles. The lowest BCUT2D eigenvalue weighted by atomic mass is 10.1. The smallest absolute Gasteiger partial charge is 0.238 e. The second kappa shape index (κ2) is 8.46. The number of aryl methyl sites for hydroxylation is 2. The van der Waals surface area contributed by atoms with Crippen molar-refractivity contribution in [2.24, 2.45) is 0 Å². The van der Waals surface area contributed by atoms with Crippen molar-refractivity contribution >= 4 is 50.3 Å². The van der Waals surface area contributed by atoms with E-state index in [0.717, 1.165) is 21.3 Å². The number of nitrogens with one attached hydrogen (secondary N) is 1. The van der Waals surface area contributed by atoms with Crippen molar-refractivity contribution in [2.45, 2.75) is 13.8 Å². The van der Waals surface area contributed by atoms with E-state index < -0.39 is 0 Å². The van der Waals surface area contributed by atoms with Gasteiger partial charge in [0.2, 0.25) is 5.70 Å². The molecule has 0 aliphatic carbocycles. The maximum absolute atomic E-state index is 13.3. The Bertz CT molecular complexity index is 978. The van der Waals surface area contributed by atoms with Gasteiger partial charge in [0.15, 0.2) is 17.4 Å². The first kappa shape index (κ1) is 19.3. The van der Waals surface area contributed by atoms with Crippen LogP contribution < -0.4 is 15.0 Å². The third-order valence-corrected chi connectivity index (χ3v) is 5.05. The van der Waals surface area contributed by atoms with E-state index in [0.29, 0.717) is 16.2 Å². The van der Waals surface area contributed by atoms with Crippen LogP contribution in [0.3, 0.4) is 0 Å². The number of hydrogen-bond donors (Lipinski definition) is 1. The monoisotopic (exact) mass is 438 g/mol. The van der Waals surface area contributed by atoms with E-state index in [1.165, 1.54) is 0 Å². The third kappa shape index (κ3) is 4.43. The number of benzene rings is 2. The molecule has 0 saturated carbocycles. The third-order valence-electron chi connectivity index (χ3n) is 4.23. The largest absolute Gasteiger partial charge is 0.867 e. The summed E-state index contributed by atoms with van der Waals surface area (Å²) in [5.41, 5.74) is 4.07. The van der Waals surface area contributed by atoms with E-state index >= 15 is 0 Å². The lowest BCUT2D eigenvalue weighted by Gasteiger charge is -2.18. The molecule has 0 spiro atoms. The number of rotatable bonds is 4. The van der Waals surface area contributed by atoms with Crippen molar-refractivity contribution in [3.05, 3.63) is 94.2 Å². The molecule has 2 aromatic carbocycles. The Hall–Kier alpha value is -2.50. The lowest BCUT2D eigenvalue weighted by molar-refractivity contribution is -0.577.